The first-order valence-electron chi connectivity index (χ1n) is 10.0. The summed E-state index contributed by atoms with van der Waals surface area (Å²) in [5, 5.41) is 9.93. The molecule has 0 saturated carbocycles. The fourth-order valence-electron chi connectivity index (χ4n) is 1.70. The zero-order valence-electron chi connectivity index (χ0n) is 18.5. The Hall–Kier alpha value is -0.530. The summed E-state index contributed by atoms with van der Waals surface area (Å²) >= 11 is 0. The van der Waals surface area contributed by atoms with Crippen LogP contribution in [-0.4, -0.2) is 70.0 Å². The smallest absolute Gasteiger partial charge is 0.160 e. The molecule has 0 aliphatic rings. The van der Waals surface area contributed by atoms with Crippen LogP contribution in [0.3, 0.4) is 0 Å². The average molecular weight is 376 g/mol. The molecule has 0 aromatic carbocycles. The third kappa shape index (κ3) is 25.7. The summed E-state index contributed by atoms with van der Waals surface area (Å²) in [5.41, 5.74) is 0. The molecule has 0 radical (unpaired) electrons. The Morgan fingerprint density at radius 1 is 0.654 bits per heavy atom. The maximum Gasteiger partial charge on any atom is 0.160 e. The van der Waals surface area contributed by atoms with Gasteiger partial charge in [0.15, 0.2) is 5.78 Å². The number of ketones is 1. The third-order valence-electron chi connectivity index (χ3n) is 3.29. The Bertz CT molecular complexity index is 299. The zero-order valence-corrected chi connectivity index (χ0v) is 18.5. The van der Waals surface area contributed by atoms with Gasteiger partial charge in [-0.15, -0.1) is 0 Å². The number of nitrogens with one attached hydrogen (secondary N) is 3. The van der Waals surface area contributed by atoms with Gasteiger partial charge in [-0.25, -0.2) is 0 Å². The number of carbonyl (C=O) groups is 1. The number of Topliss-reactive ketones (excluding diaryl/α,β-unsaturated/α-hetero) is 1. The van der Waals surface area contributed by atoms with Crippen molar-refractivity contribution in [1.29, 1.82) is 0 Å². The van der Waals surface area contributed by atoms with Gasteiger partial charge in [0.25, 0.3) is 0 Å². The number of hydrogen-bond donors (Lipinski definition) is 3. The van der Waals surface area contributed by atoms with E-state index in [0.717, 1.165) is 19.6 Å². The molecule has 0 fully saturated rings. The molecule has 6 heteroatoms. The maximum absolute atomic E-state index is 11.2. The number of rotatable bonds is 15. The highest BCUT2D eigenvalue weighted by Gasteiger charge is 2.06. The molecular formula is C20H45N3O3. The molecule has 0 aliphatic carbocycles. The molecular weight excluding hydrogens is 330 g/mol. The highest BCUT2D eigenvalue weighted by molar-refractivity contribution is 5.81. The van der Waals surface area contributed by atoms with Gasteiger partial charge >= 0.3 is 0 Å². The van der Waals surface area contributed by atoms with Gasteiger partial charge in [0.2, 0.25) is 0 Å². The lowest BCUT2D eigenvalue weighted by Crippen LogP contribution is -2.34. The van der Waals surface area contributed by atoms with E-state index < -0.39 is 0 Å². The monoisotopic (exact) mass is 375 g/mol. The first-order valence-corrected chi connectivity index (χ1v) is 10.0. The molecule has 0 saturated heterocycles. The van der Waals surface area contributed by atoms with Crippen LogP contribution < -0.4 is 16.0 Å². The number of hydrogen-bond acceptors (Lipinski definition) is 6. The SMILES string of the molecule is CC(C)NCCNC(C)C.CC(C)NCCOCCOCC(=O)C(C)C. The first-order chi connectivity index (χ1) is 12.2. The van der Waals surface area contributed by atoms with Crippen LogP contribution >= 0.6 is 0 Å². The van der Waals surface area contributed by atoms with E-state index in [2.05, 4.69) is 57.5 Å². The van der Waals surface area contributed by atoms with Gasteiger partial charge in [0.1, 0.15) is 6.61 Å². The van der Waals surface area contributed by atoms with Crippen LogP contribution in [0.15, 0.2) is 0 Å². The van der Waals surface area contributed by atoms with Crippen LogP contribution in [0, 0.1) is 5.92 Å². The van der Waals surface area contributed by atoms with Crippen molar-refractivity contribution < 1.29 is 14.3 Å². The summed E-state index contributed by atoms with van der Waals surface area (Å²) < 4.78 is 10.5. The minimum atomic E-state index is 0.0520. The van der Waals surface area contributed by atoms with E-state index in [0.29, 0.717) is 37.9 Å². The van der Waals surface area contributed by atoms with Gasteiger partial charge in [0, 0.05) is 43.7 Å². The molecule has 0 spiro atoms. The normalized spacial score (nSPS) is 11.4. The predicted molar refractivity (Wildman–Crippen MR) is 111 cm³/mol. The highest BCUT2D eigenvalue weighted by atomic mass is 16.5. The molecule has 0 atom stereocenters. The number of ether oxygens (including phenoxy) is 2. The quantitative estimate of drug-likeness (QED) is 0.381. The van der Waals surface area contributed by atoms with E-state index in [1.165, 1.54) is 0 Å². The van der Waals surface area contributed by atoms with Crippen molar-refractivity contribution in [3.05, 3.63) is 0 Å². The lowest BCUT2D eigenvalue weighted by atomic mass is 10.1. The van der Waals surface area contributed by atoms with E-state index in [1.54, 1.807) is 0 Å². The van der Waals surface area contributed by atoms with Crippen molar-refractivity contribution in [2.75, 3.05) is 46.1 Å². The second-order valence-corrected chi connectivity index (χ2v) is 7.61. The van der Waals surface area contributed by atoms with Gasteiger partial charge in [-0.3, -0.25) is 4.79 Å². The van der Waals surface area contributed by atoms with E-state index in [1.807, 2.05) is 13.8 Å². The van der Waals surface area contributed by atoms with Crippen molar-refractivity contribution in [2.45, 2.75) is 73.5 Å². The standard InChI is InChI=1S/C12H25NO3.C8H20N2/c1-10(2)12(14)9-16-8-7-15-6-5-13-11(3)4;1-7(2)9-5-6-10-8(3)4/h10-11,13H,5-9H2,1-4H3;7-10H,5-6H2,1-4H3. The minimum absolute atomic E-state index is 0.0520. The molecule has 0 amide bonds. The fourth-order valence-corrected chi connectivity index (χ4v) is 1.70. The molecule has 26 heavy (non-hydrogen) atoms. The van der Waals surface area contributed by atoms with Gasteiger partial charge in [-0.1, -0.05) is 55.4 Å². The van der Waals surface area contributed by atoms with E-state index in [9.17, 15) is 4.79 Å². The summed E-state index contributed by atoms with van der Waals surface area (Å²) in [4.78, 5) is 11.2. The molecule has 0 rings (SSSR count). The van der Waals surface area contributed by atoms with E-state index >= 15 is 0 Å². The Balaban J connectivity index is 0. The Morgan fingerprint density at radius 3 is 1.50 bits per heavy atom. The summed E-state index contributed by atoms with van der Waals surface area (Å²) in [5.74, 6) is 0.192. The molecule has 0 aliphatic heterocycles. The molecule has 0 aromatic heterocycles. The molecule has 0 aromatic rings. The minimum Gasteiger partial charge on any atom is -0.378 e. The van der Waals surface area contributed by atoms with Crippen LogP contribution in [0.2, 0.25) is 0 Å². The topological polar surface area (TPSA) is 71.6 Å². The van der Waals surface area contributed by atoms with Gasteiger partial charge in [0.05, 0.1) is 19.8 Å². The largest absolute Gasteiger partial charge is 0.378 e. The summed E-state index contributed by atoms with van der Waals surface area (Å²) in [6.45, 7) is 21.5. The van der Waals surface area contributed by atoms with Gasteiger partial charge in [-0.2, -0.15) is 0 Å². The van der Waals surface area contributed by atoms with Crippen molar-refractivity contribution in [1.82, 2.24) is 16.0 Å². The van der Waals surface area contributed by atoms with Crippen LogP contribution in [0.4, 0.5) is 0 Å². The highest BCUT2D eigenvalue weighted by Crippen LogP contribution is 1.94. The Kier molecular flexibility index (Phi) is 20.5. The predicted octanol–water partition coefficient (Wildman–Crippen LogP) is 2.23. The molecule has 158 valence electrons. The van der Waals surface area contributed by atoms with Crippen LogP contribution in [0.1, 0.15) is 55.4 Å². The van der Waals surface area contributed by atoms with Crippen molar-refractivity contribution >= 4 is 5.78 Å². The Morgan fingerprint density at radius 2 is 1.08 bits per heavy atom. The van der Waals surface area contributed by atoms with Gasteiger partial charge in [-0.05, 0) is 0 Å². The maximum atomic E-state index is 11.2. The summed E-state index contributed by atoms with van der Waals surface area (Å²) in [6.07, 6.45) is 0. The molecule has 3 N–H and O–H groups in total. The van der Waals surface area contributed by atoms with Gasteiger partial charge < -0.3 is 25.4 Å². The summed E-state index contributed by atoms with van der Waals surface area (Å²) in [7, 11) is 0. The molecule has 0 unspecified atom stereocenters. The first kappa shape index (κ1) is 27.7. The molecule has 0 heterocycles. The summed E-state index contributed by atoms with van der Waals surface area (Å²) in [6, 6.07) is 1.70. The lowest BCUT2D eigenvalue weighted by Gasteiger charge is -2.10. The van der Waals surface area contributed by atoms with Crippen LogP contribution in [0.25, 0.3) is 0 Å². The molecule has 0 bridgehead atoms. The molecule has 6 nitrogen and oxygen atoms in total. The Labute approximate surface area is 162 Å². The van der Waals surface area contributed by atoms with Crippen LogP contribution in [0.5, 0.6) is 0 Å². The zero-order chi connectivity index (χ0) is 20.4. The number of carbonyl (C=O) groups excluding carboxylic acids is 1. The van der Waals surface area contributed by atoms with Crippen molar-refractivity contribution in [2.24, 2.45) is 5.92 Å². The lowest BCUT2D eigenvalue weighted by molar-refractivity contribution is -0.127. The third-order valence-corrected chi connectivity index (χ3v) is 3.29. The van der Waals surface area contributed by atoms with Crippen LogP contribution in [-0.2, 0) is 14.3 Å². The second kappa shape index (κ2) is 19.2. The second-order valence-electron chi connectivity index (χ2n) is 7.61. The van der Waals surface area contributed by atoms with E-state index in [4.69, 9.17) is 9.47 Å². The van der Waals surface area contributed by atoms with Crippen molar-refractivity contribution in [3.8, 4) is 0 Å². The average Bonchev–Trinajstić information content (AvgIpc) is 2.53. The van der Waals surface area contributed by atoms with E-state index in [-0.39, 0.29) is 18.3 Å². The van der Waals surface area contributed by atoms with Crippen molar-refractivity contribution in [3.63, 3.8) is 0 Å². The fraction of sp³-hybridized carbons (Fsp3) is 0.950.